The van der Waals surface area contributed by atoms with E-state index in [1.165, 1.54) is 24.9 Å². The molecule has 0 saturated carbocycles. The van der Waals surface area contributed by atoms with Gasteiger partial charge < -0.3 is 5.32 Å². The van der Waals surface area contributed by atoms with Gasteiger partial charge in [-0.2, -0.15) is 0 Å². The summed E-state index contributed by atoms with van der Waals surface area (Å²) < 4.78 is 0. The monoisotopic (exact) mass is 280 g/mol. The van der Waals surface area contributed by atoms with Crippen LogP contribution in [0.15, 0.2) is 24.3 Å². The number of benzene rings is 1. The van der Waals surface area contributed by atoms with E-state index >= 15 is 0 Å². The maximum Gasteiger partial charge on any atom is 0.0451 e. The number of nitrogens with zero attached hydrogens (tertiary/aromatic N) is 1. The highest BCUT2D eigenvalue weighted by molar-refractivity contribution is 6.31. The lowest BCUT2D eigenvalue weighted by Crippen LogP contribution is -2.40. The van der Waals surface area contributed by atoms with E-state index in [-0.39, 0.29) is 0 Å². The normalized spacial score (nSPS) is 20.2. The molecule has 0 aromatic heterocycles. The minimum Gasteiger partial charge on any atom is -0.316 e. The van der Waals surface area contributed by atoms with Crippen LogP contribution in [0.25, 0.3) is 0 Å². The van der Waals surface area contributed by atoms with Crippen LogP contribution in [0, 0.1) is 5.92 Å². The van der Waals surface area contributed by atoms with Gasteiger partial charge in [-0.3, -0.25) is 4.90 Å². The van der Waals surface area contributed by atoms with Crippen molar-refractivity contribution in [2.75, 3.05) is 19.6 Å². The minimum absolute atomic E-state index is 0.554. The molecule has 3 heteroatoms. The Morgan fingerprint density at radius 3 is 2.79 bits per heavy atom. The molecule has 1 aliphatic heterocycles. The van der Waals surface area contributed by atoms with Gasteiger partial charge in [-0.15, -0.1) is 0 Å². The molecule has 19 heavy (non-hydrogen) atoms. The second kappa shape index (κ2) is 7.28. The minimum atomic E-state index is 0.554. The molecule has 1 aromatic rings. The Morgan fingerprint density at radius 2 is 2.16 bits per heavy atom. The van der Waals surface area contributed by atoms with Crippen LogP contribution in [0.2, 0.25) is 5.02 Å². The first-order valence-electron chi connectivity index (χ1n) is 7.35. The van der Waals surface area contributed by atoms with Crippen LogP contribution in [0.5, 0.6) is 0 Å². The fourth-order valence-corrected chi connectivity index (χ4v) is 2.91. The van der Waals surface area contributed by atoms with Crippen molar-refractivity contribution in [1.82, 2.24) is 10.2 Å². The molecule has 2 rings (SSSR count). The second-order valence-electron chi connectivity index (χ2n) is 5.83. The van der Waals surface area contributed by atoms with Gasteiger partial charge >= 0.3 is 0 Å². The second-order valence-corrected chi connectivity index (χ2v) is 6.23. The first kappa shape index (κ1) is 14.8. The van der Waals surface area contributed by atoms with E-state index in [9.17, 15) is 0 Å². The van der Waals surface area contributed by atoms with Crippen molar-refractivity contribution in [2.45, 2.75) is 39.3 Å². The molecule has 1 N–H and O–H groups in total. The number of halogens is 1. The maximum atomic E-state index is 6.28. The van der Waals surface area contributed by atoms with E-state index in [4.69, 9.17) is 11.6 Å². The summed E-state index contributed by atoms with van der Waals surface area (Å²) in [7, 11) is 0. The third-order valence-corrected chi connectivity index (χ3v) is 4.32. The third-order valence-electron chi connectivity index (χ3n) is 3.95. The molecule has 0 aliphatic carbocycles. The maximum absolute atomic E-state index is 6.28. The zero-order chi connectivity index (χ0) is 13.7. The SMILES string of the molecule is CC(C)N(Cc1ccccc1Cl)CC1CCCNC1. The van der Waals surface area contributed by atoms with Gasteiger partial charge in [0.15, 0.2) is 0 Å². The highest BCUT2D eigenvalue weighted by Crippen LogP contribution is 2.20. The van der Waals surface area contributed by atoms with E-state index in [1.54, 1.807) is 0 Å². The van der Waals surface area contributed by atoms with Crippen LogP contribution in [-0.4, -0.2) is 30.6 Å². The van der Waals surface area contributed by atoms with Gasteiger partial charge in [-0.05, 0) is 57.3 Å². The number of hydrogen-bond acceptors (Lipinski definition) is 2. The smallest absolute Gasteiger partial charge is 0.0451 e. The Morgan fingerprint density at radius 1 is 1.37 bits per heavy atom. The molecule has 106 valence electrons. The van der Waals surface area contributed by atoms with E-state index < -0.39 is 0 Å². The van der Waals surface area contributed by atoms with Gasteiger partial charge in [0.25, 0.3) is 0 Å². The van der Waals surface area contributed by atoms with Gasteiger partial charge in [0.2, 0.25) is 0 Å². The fourth-order valence-electron chi connectivity index (χ4n) is 2.71. The Labute approximate surface area is 122 Å². The molecule has 1 atom stereocenters. The quantitative estimate of drug-likeness (QED) is 0.887. The van der Waals surface area contributed by atoms with Gasteiger partial charge in [-0.25, -0.2) is 0 Å². The number of piperidine rings is 1. The molecule has 1 aromatic carbocycles. The average Bonchev–Trinajstić information content (AvgIpc) is 2.41. The van der Waals surface area contributed by atoms with Crippen LogP contribution in [0.3, 0.4) is 0 Å². The first-order valence-corrected chi connectivity index (χ1v) is 7.73. The van der Waals surface area contributed by atoms with Gasteiger partial charge in [0, 0.05) is 24.2 Å². The molecular formula is C16H25ClN2. The zero-order valence-corrected chi connectivity index (χ0v) is 12.8. The Kier molecular flexibility index (Phi) is 5.68. The average molecular weight is 281 g/mol. The van der Waals surface area contributed by atoms with Crippen molar-refractivity contribution in [3.63, 3.8) is 0 Å². The van der Waals surface area contributed by atoms with E-state index in [1.807, 2.05) is 12.1 Å². The van der Waals surface area contributed by atoms with Crippen LogP contribution >= 0.6 is 11.6 Å². The number of hydrogen-bond donors (Lipinski definition) is 1. The summed E-state index contributed by atoms with van der Waals surface area (Å²) in [6, 6.07) is 8.74. The summed E-state index contributed by atoms with van der Waals surface area (Å²) in [6.45, 7) is 9.00. The molecular weight excluding hydrogens is 256 g/mol. The fraction of sp³-hybridized carbons (Fsp3) is 0.625. The van der Waals surface area contributed by atoms with Crippen molar-refractivity contribution in [3.05, 3.63) is 34.9 Å². The van der Waals surface area contributed by atoms with Crippen molar-refractivity contribution in [2.24, 2.45) is 5.92 Å². The Bertz CT molecular complexity index is 386. The third kappa shape index (κ3) is 4.48. The lowest BCUT2D eigenvalue weighted by Gasteiger charge is -2.33. The van der Waals surface area contributed by atoms with Gasteiger partial charge in [0.05, 0.1) is 0 Å². The summed E-state index contributed by atoms with van der Waals surface area (Å²) in [5.74, 6) is 0.777. The molecule has 1 fully saturated rings. The zero-order valence-electron chi connectivity index (χ0n) is 12.0. The summed E-state index contributed by atoms with van der Waals surface area (Å²) >= 11 is 6.28. The van der Waals surface area contributed by atoms with Crippen LogP contribution < -0.4 is 5.32 Å². The molecule has 1 heterocycles. The molecule has 1 aliphatic rings. The van der Waals surface area contributed by atoms with Crippen LogP contribution in [0.4, 0.5) is 0 Å². The van der Waals surface area contributed by atoms with E-state index in [2.05, 4.69) is 36.2 Å². The highest BCUT2D eigenvalue weighted by atomic mass is 35.5. The van der Waals surface area contributed by atoms with Crippen molar-refractivity contribution >= 4 is 11.6 Å². The topological polar surface area (TPSA) is 15.3 Å². The predicted octanol–water partition coefficient (Wildman–Crippen LogP) is 3.55. The predicted molar refractivity (Wildman–Crippen MR) is 82.6 cm³/mol. The summed E-state index contributed by atoms with van der Waals surface area (Å²) in [5, 5.41) is 4.39. The molecule has 0 bridgehead atoms. The van der Waals surface area contributed by atoms with Gasteiger partial charge in [0.1, 0.15) is 0 Å². The van der Waals surface area contributed by atoms with Crippen molar-refractivity contribution in [3.8, 4) is 0 Å². The molecule has 2 nitrogen and oxygen atoms in total. The van der Waals surface area contributed by atoms with E-state index in [0.717, 1.165) is 30.6 Å². The molecule has 1 saturated heterocycles. The molecule has 0 amide bonds. The van der Waals surface area contributed by atoms with Crippen LogP contribution in [-0.2, 0) is 6.54 Å². The molecule has 0 spiro atoms. The lowest BCUT2D eigenvalue weighted by molar-refractivity contribution is 0.164. The summed E-state index contributed by atoms with van der Waals surface area (Å²) in [6.07, 6.45) is 2.65. The van der Waals surface area contributed by atoms with Crippen LogP contribution in [0.1, 0.15) is 32.3 Å². The van der Waals surface area contributed by atoms with Crippen molar-refractivity contribution in [1.29, 1.82) is 0 Å². The number of rotatable bonds is 5. The van der Waals surface area contributed by atoms with Crippen molar-refractivity contribution < 1.29 is 0 Å². The standard InChI is InChI=1S/C16H25ClN2/c1-13(2)19(11-14-6-5-9-18-10-14)12-15-7-3-4-8-16(15)17/h3-4,7-8,13-14,18H,5-6,9-12H2,1-2H3. The Hall–Kier alpha value is -0.570. The number of nitrogens with one attached hydrogen (secondary N) is 1. The highest BCUT2D eigenvalue weighted by Gasteiger charge is 2.19. The summed E-state index contributed by atoms with van der Waals surface area (Å²) in [5.41, 5.74) is 1.24. The first-order chi connectivity index (χ1) is 9.16. The lowest BCUT2D eigenvalue weighted by atomic mass is 9.98. The molecule has 0 radical (unpaired) electrons. The van der Waals surface area contributed by atoms with Gasteiger partial charge in [-0.1, -0.05) is 29.8 Å². The largest absolute Gasteiger partial charge is 0.316 e. The summed E-state index contributed by atoms with van der Waals surface area (Å²) in [4.78, 5) is 2.54. The molecule has 1 unspecified atom stereocenters. The van der Waals surface area contributed by atoms with E-state index in [0.29, 0.717) is 6.04 Å². The Balaban J connectivity index is 1.97.